The lowest BCUT2D eigenvalue weighted by molar-refractivity contribution is 0.100. The molecule has 2 heterocycles. The van der Waals surface area contributed by atoms with E-state index in [0.29, 0.717) is 19.7 Å². The Balaban J connectivity index is 1.81. The minimum atomic E-state index is 0.149. The highest BCUT2D eigenvalue weighted by molar-refractivity contribution is 7.12. The van der Waals surface area contributed by atoms with Gasteiger partial charge < -0.3 is 15.4 Å². The number of Topliss-reactive ketones (excluding diaryl/α,β-unsaturated/α-hetero) is 1. The number of ketones is 1. The highest BCUT2D eigenvalue weighted by atomic mass is 32.1. The predicted molar refractivity (Wildman–Crippen MR) is 80.7 cm³/mol. The second-order valence-corrected chi connectivity index (χ2v) is 5.62. The Hall–Kier alpha value is -1.85. The number of nitrogens with two attached hydrogens (primary N) is 1. The van der Waals surface area contributed by atoms with Crippen molar-refractivity contribution in [2.24, 2.45) is 5.73 Å². The van der Waals surface area contributed by atoms with Crippen molar-refractivity contribution in [3.63, 3.8) is 0 Å². The van der Waals surface area contributed by atoms with Crippen molar-refractivity contribution < 1.29 is 9.53 Å². The van der Waals surface area contributed by atoms with E-state index in [1.807, 2.05) is 35.7 Å². The standard InChI is InChI=1S/C15H16N2O2S/c16-9-11-3-4-12-14(8-11)19-6-5-17(12)10-13(18)15-2-1-7-20-15/h1-4,7-8H,5-6,9-10,16H2. The number of ether oxygens (including phenoxy) is 1. The molecule has 0 fully saturated rings. The van der Waals surface area contributed by atoms with Gasteiger partial charge in [0.25, 0.3) is 0 Å². The predicted octanol–water partition coefficient (Wildman–Crippen LogP) is 2.29. The molecule has 4 nitrogen and oxygen atoms in total. The summed E-state index contributed by atoms with van der Waals surface area (Å²) < 4.78 is 5.66. The van der Waals surface area contributed by atoms with Crippen molar-refractivity contribution >= 4 is 22.8 Å². The van der Waals surface area contributed by atoms with E-state index in [0.717, 1.165) is 28.4 Å². The minimum absolute atomic E-state index is 0.149. The summed E-state index contributed by atoms with van der Waals surface area (Å²) in [5, 5.41) is 1.92. The van der Waals surface area contributed by atoms with Gasteiger partial charge in [0.15, 0.2) is 5.78 Å². The van der Waals surface area contributed by atoms with Gasteiger partial charge in [0.05, 0.1) is 23.7 Å². The first-order valence-electron chi connectivity index (χ1n) is 6.55. The van der Waals surface area contributed by atoms with Crippen LogP contribution in [0, 0.1) is 0 Å². The van der Waals surface area contributed by atoms with Gasteiger partial charge in [-0.15, -0.1) is 11.3 Å². The van der Waals surface area contributed by atoms with Crippen molar-refractivity contribution in [1.82, 2.24) is 0 Å². The van der Waals surface area contributed by atoms with Gasteiger partial charge in [-0.3, -0.25) is 4.79 Å². The average Bonchev–Trinajstić information content (AvgIpc) is 3.01. The van der Waals surface area contributed by atoms with Crippen LogP contribution in [0.3, 0.4) is 0 Å². The molecule has 104 valence electrons. The van der Waals surface area contributed by atoms with Gasteiger partial charge in [0.2, 0.25) is 0 Å². The number of nitrogens with zero attached hydrogens (tertiary/aromatic N) is 1. The van der Waals surface area contributed by atoms with E-state index in [-0.39, 0.29) is 5.78 Å². The topological polar surface area (TPSA) is 55.6 Å². The van der Waals surface area contributed by atoms with E-state index >= 15 is 0 Å². The monoisotopic (exact) mass is 288 g/mol. The van der Waals surface area contributed by atoms with Gasteiger partial charge in [0, 0.05) is 6.54 Å². The lowest BCUT2D eigenvalue weighted by Crippen LogP contribution is -2.36. The van der Waals surface area contributed by atoms with E-state index in [2.05, 4.69) is 4.90 Å². The molecule has 0 atom stereocenters. The molecule has 1 aliphatic heterocycles. The molecule has 3 rings (SSSR count). The zero-order valence-corrected chi connectivity index (χ0v) is 11.9. The van der Waals surface area contributed by atoms with Gasteiger partial charge in [-0.05, 0) is 29.1 Å². The molecule has 1 aliphatic rings. The van der Waals surface area contributed by atoms with Gasteiger partial charge in [-0.1, -0.05) is 12.1 Å². The van der Waals surface area contributed by atoms with Crippen LogP contribution in [0.4, 0.5) is 5.69 Å². The van der Waals surface area contributed by atoms with Gasteiger partial charge in [-0.2, -0.15) is 0 Å². The Labute approximate surface area is 121 Å². The molecule has 0 bridgehead atoms. The third-order valence-corrected chi connectivity index (χ3v) is 4.26. The lowest BCUT2D eigenvalue weighted by Gasteiger charge is -2.30. The maximum absolute atomic E-state index is 12.2. The average molecular weight is 288 g/mol. The maximum Gasteiger partial charge on any atom is 0.191 e. The van der Waals surface area contributed by atoms with Crippen molar-refractivity contribution in [3.8, 4) is 5.75 Å². The summed E-state index contributed by atoms with van der Waals surface area (Å²) in [6.45, 7) is 2.20. The van der Waals surface area contributed by atoms with E-state index in [9.17, 15) is 4.79 Å². The van der Waals surface area contributed by atoms with Crippen molar-refractivity contribution in [2.75, 3.05) is 24.6 Å². The molecule has 0 aliphatic carbocycles. The Morgan fingerprint density at radius 3 is 3.05 bits per heavy atom. The number of hydrogen-bond acceptors (Lipinski definition) is 5. The summed E-state index contributed by atoms with van der Waals surface area (Å²) in [4.78, 5) is 15.1. The number of carbonyl (C=O) groups is 1. The minimum Gasteiger partial charge on any atom is -0.490 e. The largest absolute Gasteiger partial charge is 0.490 e. The van der Waals surface area contributed by atoms with Crippen LogP contribution >= 0.6 is 11.3 Å². The third-order valence-electron chi connectivity index (χ3n) is 3.35. The fourth-order valence-electron chi connectivity index (χ4n) is 2.30. The first kappa shape index (κ1) is 13.1. The van der Waals surface area contributed by atoms with Crippen molar-refractivity contribution in [1.29, 1.82) is 0 Å². The molecule has 0 saturated heterocycles. The first-order chi connectivity index (χ1) is 9.78. The summed E-state index contributed by atoms with van der Waals surface area (Å²) in [6.07, 6.45) is 0. The summed E-state index contributed by atoms with van der Waals surface area (Å²) in [5.74, 6) is 0.967. The molecular formula is C15H16N2O2S. The number of hydrogen-bond donors (Lipinski definition) is 1. The number of carbonyl (C=O) groups excluding carboxylic acids is 1. The third kappa shape index (κ3) is 2.55. The molecule has 0 unspecified atom stereocenters. The Morgan fingerprint density at radius 2 is 2.30 bits per heavy atom. The van der Waals surface area contributed by atoms with Crippen LogP contribution < -0.4 is 15.4 Å². The molecule has 2 aromatic rings. The van der Waals surface area contributed by atoms with Gasteiger partial charge in [-0.25, -0.2) is 0 Å². The number of benzene rings is 1. The molecular weight excluding hydrogens is 272 g/mol. The van der Waals surface area contributed by atoms with Crippen LogP contribution in [0.1, 0.15) is 15.2 Å². The molecule has 0 radical (unpaired) electrons. The summed E-state index contributed by atoms with van der Waals surface area (Å²) in [7, 11) is 0. The van der Waals surface area contributed by atoms with Gasteiger partial charge >= 0.3 is 0 Å². The molecule has 2 N–H and O–H groups in total. The number of fused-ring (bicyclic) bond motifs is 1. The number of rotatable bonds is 4. The Bertz CT molecular complexity index is 610. The van der Waals surface area contributed by atoms with Gasteiger partial charge in [0.1, 0.15) is 12.4 Å². The van der Waals surface area contributed by atoms with Crippen LogP contribution in [0.2, 0.25) is 0 Å². The highest BCUT2D eigenvalue weighted by Gasteiger charge is 2.21. The summed E-state index contributed by atoms with van der Waals surface area (Å²) in [5.41, 5.74) is 7.65. The first-order valence-corrected chi connectivity index (χ1v) is 7.43. The van der Waals surface area contributed by atoms with E-state index in [1.165, 1.54) is 11.3 Å². The van der Waals surface area contributed by atoms with E-state index in [4.69, 9.17) is 10.5 Å². The zero-order valence-electron chi connectivity index (χ0n) is 11.0. The van der Waals surface area contributed by atoms with Crippen LogP contribution in [-0.4, -0.2) is 25.5 Å². The number of thiophene rings is 1. The fourth-order valence-corrected chi connectivity index (χ4v) is 2.96. The quantitative estimate of drug-likeness (QED) is 0.877. The van der Waals surface area contributed by atoms with Crippen LogP contribution in [0.15, 0.2) is 35.7 Å². The molecule has 1 aromatic heterocycles. The van der Waals surface area contributed by atoms with Crippen LogP contribution in [0.5, 0.6) is 5.75 Å². The van der Waals surface area contributed by atoms with Crippen molar-refractivity contribution in [2.45, 2.75) is 6.54 Å². The van der Waals surface area contributed by atoms with E-state index in [1.54, 1.807) is 0 Å². The molecule has 0 saturated carbocycles. The Kier molecular flexibility index (Phi) is 3.71. The van der Waals surface area contributed by atoms with E-state index < -0.39 is 0 Å². The fraction of sp³-hybridized carbons (Fsp3) is 0.267. The summed E-state index contributed by atoms with van der Waals surface area (Å²) in [6, 6.07) is 9.69. The molecule has 5 heteroatoms. The highest BCUT2D eigenvalue weighted by Crippen LogP contribution is 2.32. The van der Waals surface area contributed by atoms with Crippen LogP contribution in [-0.2, 0) is 6.54 Å². The molecule has 1 aromatic carbocycles. The number of anilines is 1. The molecule has 20 heavy (non-hydrogen) atoms. The van der Waals surface area contributed by atoms with Crippen molar-refractivity contribution in [3.05, 3.63) is 46.2 Å². The normalized spacial score (nSPS) is 13.8. The summed E-state index contributed by atoms with van der Waals surface area (Å²) >= 11 is 1.48. The maximum atomic E-state index is 12.2. The molecule has 0 spiro atoms. The molecule has 0 amide bonds. The van der Waals surface area contributed by atoms with Crippen LogP contribution in [0.25, 0.3) is 0 Å². The zero-order chi connectivity index (χ0) is 13.9. The smallest absolute Gasteiger partial charge is 0.191 e. The second kappa shape index (κ2) is 5.64. The lowest BCUT2D eigenvalue weighted by atomic mass is 10.1. The SMILES string of the molecule is NCc1ccc2c(c1)OCCN2CC(=O)c1cccs1. The Morgan fingerprint density at radius 1 is 1.40 bits per heavy atom. The second-order valence-electron chi connectivity index (χ2n) is 4.68.